The van der Waals surface area contributed by atoms with E-state index in [-0.39, 0.29) is 0 Å². The van der Waals surface area contributed by atoms with Crippen LogP contribution >= 0.6 is 0 Å². The van der Waals surface area contributed by atoms with Crippen molar-refractivity contribution in [1.82, 2.24) is 0 Å². The maximum Gasteiger partial charge on any atom is 0.389 e. The summed E-state index contributed by atoms with van der Waals surface area (Å²) in [4.78, 5) is 0. The van der Waals surface area contributed by atoms with Crippen molar-refractivity contribution in [2.24, 2.45) is 5.41 Å². The molecule has 0 aromatic rings. The van der Waals surface area contributed by atoms with Crippen molar-refractivity contribution in [3.63, 3.8) is 0 Å². The van der Waals surface area contributed by atoms with Gasteiger partial charge in [-0.1, -0.05) is 0 Å². The highest BCUT2D eigenvalue weighted by atomic mass is 19.4. The second kappa shape index (κ2) is 6.99. The molecular weight excluding hydrogens is 369 g/mol. The summed E-state index contributed by atoms with van der Waals surface area (Å²) in [6, 6.07) is 0.849. The van der Waals surface area contributed by atoms with Crippen LogP contribution in [-0.2, 0) is 0 Å². The molecule has 0 saturated carbocycles. The van der Waals surface area contributed by atoms with Crippen molar-refractivity contribution < 1.29 is 48.3 Å². The predicted molar refractivity (Wildman–Crippen MR) is 54.6 cm³/mol. The first-order valence-corrected chi connectivity index (χ1v) is 5.80. The number of alkyl halides is 11. The molecular formula is C11H7F11N2. The van der Waals surface area contributed by atoms with Gasteiger partial charge >= 0.3 is 18.0 Å². The van der Waals surface area contributed by atoms with Crippen molar-refractivity contribution in [2.75, 3.05) is 0 Å². The van der Waals surface area contributed by atoms with Crippen LogP contribution in [0.2, 0.25) is 0 Å². The van der Waals surface area contributed by atoms with Gasteiger partial charge in [0.1, 0.15) is 0 Å². The zero-order valence-electron chi connectivity index (χ0n) is 11.2. The lowest BCUT2D eigenvalue weighted by atomic mass is 9.77. The van der Waals surface area contributed by atoms with Crippen molar-refractivity contribution in [3.8, 4) is 12.1 Å². The molecule has 0 aliphatic carbocycles. The Morgan fingerprint density at radius 1 is 0.708 bits per heavy atom. The van der Waals surface area contributed by atoms with Crippen LogP contribution in [0.15, 0.2) is 0 Å². The molecule has 0 aliphatic rings. The standard InChI is InChI=1S/C11H7F11N2/c12-5(6(13)14)10(19,20)11(21,22)7(15)8(3-23,4-24)1-2-9(16,17)18/h5-7H,1-2H2. The number of halogens is 11. The first kappa shape index (κ1) is 22.2. The highest BCUT2D eigenvalue weighted by Gasteiger charge is 2.72. The summed E-state index contributed by atoms with van der Waals surface area (Å²) in [7, 11) is 0. The van der Waals surface area contributed by atoms with Gasteiger partial charge in [-0.2, -0.15) is 41.3 Å². The predicted octanol–water partition coefficient (Wildman–Crippen LogP) is 4.57. The number of hydrogen-bond donors (Lipinski definition) is 0. The Balaban J connectivity index is 5.85. The van der Waals surface area contributed by atoms with Crippen LogP contribution in [0.1, 0.15) is 12.8 Å². The van der Waals surface area contributed by atoms with Crippen LogP contribution in [0.5, 0.6) is 0 Å². The second-order valence-corrected chi connectivity index (χ2v) is 4.65. The summed E-state index contributed by atoms with van der Waals surface area (Å²) in [6.07, 6.45) is -23.5. The Hall–Kier alpha value is -1.79. The fourth-order valence-electron chi connectivity index (χ4n) is 1.54. The van der Waals surface area contributed by atoms with Gasteiger partial charge in [0.25, 0.3) is 6.43 Å². The zero-order chi connectivity index (χ0) is 19.6. The van der Waals surface area contributed by atoms with Crippen LogP contribution in [0.4, 0.5) is 48.3 Å². The molecule has 0 saturated heterocycles. The summed E-state index contributed by atoms with van der Waals surface area (Å²) < 4.78 is 139. The molecule has 0 amide bonds. The lowest BCUT2D eigenvalue weighted by Gasteiger charge is -2.35. The van der Waals surface area contributed by atoms with Crippen LogP contribution in [0.25, 0.3) is 0 Å². The van der Waals surface area contributed by atoms with E-state index in [9.17, 15) is 48.3 Å². The lowest BCUT2D eigenvalue weighted by molar-refractivity contribution is -0.287. The Morgan fingerprint density at radius 3 is 1.42 bits per heavy atom. The Kier molecular flexibility index (Phi) is 6.47. The van der Waals surface area contributed by atoms with Crippen LogP contribution < -0.4 is 0 Å². The van der Waals surface area contributed by atoms with Gasteiger partial charge in [-0.3, -0.25) is 0 Å². The van der Waals surface area contributed by atoms with Gasteiger partial charge < -0.3 is 0 Å². The molecule has 0 bridgehead atoms. The molecule has 0 fully saturated rings. The fraction of sp³-hybridized carbons (Fsp3) is 0.818. The van der Waals surface area contributed by atoms with E-state index >= 15 is 0 Å². The van der Waals surface area contributed by atoms with Gasteiger partial charge in [0.15, 0.2) is 5.41 Å². The van der Waals surface area contributed by atoms with E-state index in [0.717, 1.165) is 0 Å². The monoisotopic (exact) mass is 376 g/mol. The molecule has 0 spiro atoms. The third-order valence-corrected chi connectivity index (χ3v) is 2.96. The highest BCUT2D eigenvalue weighted by Crippen LogP contribution is 2.50. The minimum atomic E-state index is -6.38. The topological polar surface area (TPSA) is 47.6 Å². The summed E-state index contributed by atoms with van der Waals surface area (Å²) in [6.45, 7) is 0. The van der Waals surface area contributed by atoms with Crippen LogP contribution in [0.3, 0.4) is 0 Å². The minimum Gasteiger partial charge on any atom is -0.238 e. The average Bonchev–Trinajstić information content (AvgIpc) is 2.46. The van der Waals surface area contributed by atoms with E-state index in [0.29, 0.717) is 12.1 Å². The molecule has 0 aliphatic heterocycles. The first-order valence-electron chi connectivity index (χ1n) is 5.80. The van der Waals surface area contributed by atoms with Crippen LogP contribution in [-0.4, -0.2) is 36.8 Å². The third kappa shape index (κ3) is 4.19. The summed E-state index contributed by atoms with van der Waals surface area (Å²) in [5.74, 6) is -12.7. The van der Waals surface area contributed by atoms with E-state index in [1.54, 1.807) is 0 Å². The summed E-state index contributed by atoms with van der Waals surface area (Å²) >= 11 is 0. The van der Waals surface area contributed by atoms with E-state index < -0.39 is 55.0 Å². The maximum atomic E-state index is 13.7. The smallest absolute Gasteiger partial charge is 0.238 e. The number of nitriles is 2. The molecule has 2 nitrogen and oxygen atoms in total. The van der Waals surface area contributed by atoms with Crippen molar-refractivity contribution in [2.45, 2.75) is 49.6 Å². The quantitative estimate of drug-likeness (QED) is 0.611. The van der Waals surface area contributed by atoms with Crippen molar-refractivity contribution in [3.05, 3.63) is 0 Å². The van der Waals surface area contributed by atoms with Crippen molar-refractivity contribution in [1.29, 1.82) is 10.5 Å². The Labute approximate surface area is 127 Å². The third-order valence-electron chi connectivity index (χ3n) is 2.96. The second-order valence-electron chi connectivity index (χ2n) is 4.65. The lowest BCUT2D eigenvalue weighted by Crippen LogP contribution is -2.59. The van der Waals surface area contributed by atoms with E-state index in [4.69, 9.17) is 10.5 Å². The molecule has 138 valence electrons. The normalized spacial score (nSPS) is 16.4. The molecule has 0 N–H and O–H groups in total. The zero-order valence-corrected chi connectivity index (χ0v) is 11.2. The van der Waals surface area contributed by atoms with Gasteiger partial charge in [0.2, 0.25) is 12.3 Å². The largest absolute Gasteiger partial charge is 0.389 e. The van der Waals surface area contributed by atoms with Gasteiger partial charge in [0, 0.05) is 6.42 Å². The average molecular weight is 376 g/mol. The van der Waals surface area contributed by atoms with Gasteiger partial charge in [0.05, 0.1) is 12.1 Å². The van der Waals surface area contributed by atoms with E-state index in [1.807, 2.05) is 0 Å². The van der Waals surface area contributed by atoms with Crippen molar-refractivity contribution >= 4 is 0 Å². The molecule has 24 heavy (non-hydrogen) atoms. The molecule has 0 rings (SSSR count). The molecule has 2 unspecified atom stereocenters. The van der Waals surface area contributed by atoms with Gasteiger partial charge in [-0.15, -0.1) is 0 Å². The summed E-state index contributed by atoms with van der Waals surface area (Å²) in [5.41, 5.74) is -3.95. The molecule has 0 aromatic heterocycles. The summed E-state index contributed by atoms with van der Waals surface area (Å²) in [5, 5.41) is 17.0. The van der Waals surface area contributed by atoms with Gasteiger partial charge in [-0.25, -0.2) is 17.6 Å². The van der Waals surface area contributed by atoms with Gasteiger partial charge in [-0.05, 0) is 6.42 Å². The minimum absolute atomic E-state index is 0.425. The molecule has 0 heterocycles. The molecule has 0 aromatic carbocycles. The molecule has 13 heteroatoms. The SMILES string of the molecule is N#CC(C#N)(CCC(F)(F)F)C(F)C(F)(F)C(F)(F)C(F)C(F)F. The number of nitrogens with zero attached hydrogens (tertiary/aromatic N) is 2. The Bertz CT molecular complexity index is 500. The van der Waals surface area contributed by atoms with E-state index in [2.05, 4.69) is 0 Å². The maximum absolute atomic E-state index is 13.7. The number of rotatable bonds is 7. The van der Waals surface area contributed by atoms with E-state index in [1.165, 1.54) is 0 Å². The molecule has 0 radical (unpaired) electrons. The highest BCUT2D eigenvalue weighted by molar-refractivity contribution is 5.21. The first-order chi connectivity index (χ1) is 10.6. The number of hydrogen-bond acceptors (Lipinski definition) is 2. The fourth-order valence-corrected chi connectivity index (χ4v) is 1.54. The Morgan fingerprint density at radius 2 is 1.12 bits per heavy atom. The van der Waals surface area contributed by atoms with Crippen LogP contribution in [0, 0.1) is 28.1 Å². The molecule has 2 atom stereocenters.